The second-order valence-corrected chi connectivity index (χ2v) is 11.2. The van der Waals surface area contributed by atoms with Crippen LogP contribution in [0.4, 0.5) is 0 Å². The number of carbonyl (C=O) groups excluding carboxylic acids is 2. The average molecular weight is 541 g/mol. The Bertz CT molecular complexity index is 1000. The van der Waals surface area contributed by atoms with E-state index in [4.69, 9.17) is 11.6 Å². The zero-order chi connectivity index (χ0) is 28.1. The van der Waals surface area contributed by atoms with Crippen LogP contribution in [0.25, 0.3) is 0 Å². The maximum absolute atomic E-state index is 13.3. The minimum Gasteiger partial charge on any atom is -0.349 e. The van der Waals surface area contributed by atoms with E-state index in [0.717, 1.165) is 60.4 Å². The highest BCUT2D eigenvalue weighted by Gasteiger charge is 2.35. The molecule has 0 bridgehead atoms. The van der Waals surface area contributed by atoms with Gasteiger partial charge in [0.15, 0.2) is 0 Å². The van der Waals surface area contributed by atoms with Gasteiger partial charge in [-0.05, 0) is 68.7 Å². The molecule has 1 heterocycles. The van der Waals surface area contributed by atoms with Crippen molar-refractivity contribution < 1.29 is 9.59 Å². The first-order valence-corrected chi connectivity index (χ1v) is 15.0. The van der Waals surface area contributed by atoms with Gasteiger partial charge in [-0.1, -0.05) is 101 Å². The van der Waals surface area contributed by atoms with Crippen LogP contribution < -0.4 is 5.32 Å². The number of amides is 2. The maximum Gasteiger partial charge on any atom is 0.230 e. The number of halogens is 1. The Kier molecular flexibility index (Phi) is 13.4. The summed E-state index contributed by atoms with van der Waals surface area (Å²) in [5.74, 6) is 0.457. The van der Waals surface area contributed by atoms with Crippen LogP contribution in [0.3, 0.4) is 0 Å². The summed E-state index contributed by atoms with van der Waals surface area (Å²) in [5, 5.41) is 4.00. The summed E-state index contributed by atoms with van der Waals surface area (Å²) in [7, 11) is 0. The minimum atomic E-state index is -0.563. The Morgan fingerprint density at radius 2 is 1.68 bits per heavy atom. The molecule has 210 valence electrons. The largest absolute Gasteiger partial charge is 0.349 e. The molecule has 2 atom stereocenters. The molecular formula is C33H49ClN2O2. The average Bonchev–Trinajstić information content (AvgIpc) is 3.35. The van der Waals surface area contributed by atoms with Crippen molar-refractivity contribution in [2.24, 2.45) is 0 Å². The lowest BCUT2D eigenvalue weighted by molar-refractivity contribution is -0.130. The van der Waals surface area contributed by atoms with Gasteiger partial charge in [0.05, 0.1) is 11.5 Å². The number of likely N-dealkylation sites (tertiary alicyclic amines) is 1. The third kappa shape index (κ3) is 8.59. The molecule has 2 aromatic carbocycles. The van der Waals surface area contributed by atoms with Crippen molar-refractivity contribution >= 4 is 23.4 Å². The number of nitrogens with one attached hydrogen (secondary N) is 1. The molecule has 1 saturated heterocycles. The lowest BCUT2D eigenvalue weighted by Crippen LogP contribution is -2.43. The molecule has 2 amide bonds. The highest BCUT2D eigenvalue weighted by atomic mass is 35.5. The van der Waals surface area contributed by atoms with Crippen LogP contribution in [0.1, 0.15) is 115 Å². The van der Waals surface area contributed by atoms with Gasteiger partial charge in [-0.2, -0.15) is 0 Å². The monoisotopic (exact) mass is 540 g/mol. The first kappa shape index (κ1) is 31.9. The van der Waals surface area contributed by atoms with E-state index >= 15 is 0 Å². The molecule has 38 heavy (non-hydrogen) atoms. The van der Waals surface area contributed by atoms with E-state index in [1.54, 1.807) is 0 Å². The molecular weight excluding hydrogens is 492 g/mol. The first-order chi connectivity index (χ1) is 18.2. The summed E-state index contributed by atoms with van der Waals surface area (Å²) in [4.78, 5) is 26.8. The van der Waals surface area contributed by atoms with Gasteiger partial charge in [0.1, 0.15) is 0 Å². The van der Waals surface area contributed by atoms with Crippen molar-refractivity contribution in [1.29, 1.82) is 0 Å². The molecule has 5 heteroatoms. The predicted octanol–water partition coefficient (Wildman–Crippen LogP) is 8.55. The van der Waals surface area contributed by atoms with Crippen LogP contribution in [0.2, 0.25) is 5.02 Å². The van der Waals surface area contributed by atoms with Crippen LogP contribution in [-0.2, 0) is 15.0 Å². The molecule has 1 N–H and O–H groups in total. The van der Waals surface area contributed by atoms with Crippen LogP contribution in [0.5, 0.6) is 0 Å². The summed E-state index contributed by atoms with van der Waals surface area (Å²) in [6.45, 7) is 13.6. The quantitative estimate of drug-likeness (QED) is 0.293. The van der Waals surface area contributed by atoms with E-state index in [0.29, 0.717) is 11.9 Å². The van der Waals surface area contributed by atoms with E-state index in [1.807, 2.05) is 50.2 Å². The standard InChI is InChI=1S/C22H28ClNO.C11H21NO/c1-5-14-22(4,18-12-13-19(23)16(3)15-18)21(25)24-20(6-2)17-10-8-7-9-11-17;1-3-6-10(7-4-2)12-9-5-8-11(12)13/h7-13,15,20H,5-6,14H2,1-4H3,(H,24,25);10H,3-9H2,1-2H3/t20-,22?;/m0./s1. The molecule has 3 rings (SSSR count). The normalized spacial score (nSPS) is 15.6. The van der Waals surface area contributed by atoms with Gasteiger partial charge in [-0.15, -0.1) is 0 Å². The van der Waals surface area contributed by atoms with Crippen molar-refractivity contribution in [3.8, 4) is 0 Å². The van der Waals surface area contributed by atoms with E-state index < -0.39 is 5.41 Å². The van der Waals surface area contributed by atoms with Crippen molar-refractivity contribution in [1.82, 2.24) is 10.2 Å². The highest BCUT2D eigenvalue weighted by molar-refractivity contribution is 6.31. The van der Waals surface area contributed by atoms with Gasteiger partial charge in [-0.25, -0.2) is 0 Å². The Balaban J connectivity index is 0.000000328. The molecule has 0 spiro atoms. The van der Waals surface area contributed by atoms with Crippen molar-refractivity contribution in [3.05, 3.63) is 70.2 Å². The van der Waals surface area contributed by atoms with E-state index in [2.05, 4.69) is 50.0 Å². The third-order valence-corrected chi connectivity index (χ3v) is 8.18. The molecule has 1 fully saturated rings. The zero-order valence-corrected chi connectivity index (χ0v) is 25.2. The van der Waals surface area contributed by atoms with E-state index in [-0.39, 0.29) is 11.9 Å². The summed E-state index contributed by atoms with van der Waals surface area (Å²) in [5.41, 5.74) is 2.61. The number of carbonyl (C=O) groups is 2. The highest BCUT2D eigenvalue weighted by Crippen LogP contribution is 2.33. The fourth-order valence-electron chi connectivity index (χ4n) is 5.48. The smallest absolute Gasteiger partial charge is 0.230 e. The summed E-state index contributed by atoms with van der Waals surface area (Å²) in [6, 6.07) is 16.6. The van der Waals surface area contributed by atoms with Gasteiger partial charge in [0, 0.05) is 24.0 Å². The lowest BCUT2D eigenvalue weighted by Gasteiger charge is -2.31. The van der Waals surface area contributed by atoms with Crippen molar-refractivity contribution in [2.75, 3.05) is 6.54 Å². The second-order valence-electron chi connectivity index (χ2n) is 10.8. The Morgan fingerprint density at radius 3 is 2.18 bits per heavy atom. The minimum absolute atomic E-state index is 0.0262. The summed E-state index contributed by atoms with van der Waals surface area (Å²) < 4.78 is 0. The molecule has 4 nitrogen and oxygen atoms in total. The van der Waals surface area contributed by atoms with Crippen LogP contribution in [0.15, 0.2) is 48.5 Å². The zero-order valence-electron chi connectivity index (χ0n) is 24.5. The predicted molar refractivity (Wildman–Crippen MR) is 161 cm³/mol. The number of hydrogen-bond donors (Lipinski definition) is 1. The fourth-order valence-corrected chi connectivity index (χ4v) is 5.60. The SMILES string of the molecule is CCCC(C)(C(=O)N[C@@H](CC)c1ccccc1)c1ccc(Cl)c(C)c1.CCCC(CCC)N1CCCC1=O. The van der Waals surface area contributed by atoms with Crippen molar-refractivity contribution in [3.63, 3.8) is 0 Å². The second kappa shape index (κ2) is 15.9. The Labute approximate surface area is 236 Å². The molecule has 2 aromatic rings. The van der Waals surface area contributed by atoms with Gasteiger partial charge >= 0.3 is 0 Å². The Morgan fingerprint density at radius 1 is 1.03 bits per heavy atom. The summed E-state index contributed by atoms with van der Waals surface area (Å²) in [6.07, 6.45) is 9.19. The van der Waals surface area contributed by atoms with Gasteiger partial charge in [-0.3, -0.25) is 9.59 Å². The molecule has 0 saturated carbocycles. The Hall–Kier alpha value is -2.33. The third-order valence-electron chi connectivity index (χ3n) is 7.76. The van der Waals surface area contributed by atoms with Gasteiger partial charge < -0.3 is 10.2 Å². The van der Waals surface area contributed by atoms with E-state index in [1.165, 1.54) is 25.7 Å². The lowest BCUT2D eigenvalue weighted by atomic mass is 9.77. The fraction of sp³-hybridized carbons (Fsp3) is 0.576. The number of hydrogen-bond acceptors (Lipinski definition) is 2. The number of nitrogens with zero attached hydrogens (tertiary/aromatic N) is 1. The van der Waals surface area contributed by atoms with Crippen LogP contribution in [0, 0.1) is 6.92 Å². The molecule has 1 unspecified atom stereocenters. The first-order valence-electron chi connectivity index (χ1n) is 14.6. The number of aryl methyl sites for hydroxylation is 1. The number of benzene rings is 2. The van der Waals surface area contributed by atoms with Gasteiger partial charge in [0.2, 0.25) is 11.8 Å². The topological polar surface area (TPSA) is 49.4 Å². The van der Waals surface area contributed by atoms with Crippen LogP contribution >= 0.6 is 11.6 Å². The molecule has 0 aromatic heterocycles. The number of rotatable bonds is 12. The van der Waals surface area contributed by atoms with Crippen molar-refractivity contribution in [2.45, 2.75) is 117 Å². The molecule has 0 radical (unpaired) electrons. The van der Waals surface area contributed by atoms with Crippen LogP contribution in [-0.4, -0.2) is 29.3 Å². The van der Waals surface area contributed by atoms with Gasteiger partial charge in [0.25, 0.3) is 0 Å². The molecule has 1 aliphatic heterocycles. The maximum atomic E-state index is 13.3. The molecule has 1 aliphatic rings. The summed E-state index contributed by atoms with van der Waals surface area (Å²) >= 11 is 6.17. The van der Waals surface area contributed by atoms with E-state index in [9.17, 15) is 9.59 Å². The molecule has 0 aliphatic carbocycles.